The monoisotopic (exact) mass is 258 g/mol. The number of aromatic nitrogens is 2. The van der Waals surface area contributed by atoms with Gasteiger partial charge in [-0.05, 0) is 38.8 Å². The molecule has 4 nitrogen and oxygen atoms in total. The number of rotatable bonds is 3. The van der Waals surface area contributed by atoms with E-state index in [0.29, 0.717) is 0 Å². The van der Waals surface area contributed by atoms with Crippen molar-refractivity contribution < 1.29 is 9.90 Å². The number of benzene rings is 1. The number of aliphatic carboxylic acids is 1. The second-order valence-corrected chi connectivity index (χ2v) is 4.98. The Balaban J connectivity index is 2.54. The molecule has 4 heteroatoms. The fraction of sp³-hybridized carbons (Fsp3) is 0.333. The van der Waals surface area contributed by atoms with Gasteiger partial charge in [0.2, 0.25) is 0 Å². The Bertz CT molecular complexity index is 619. The third kappa shape index (κ3) is 2.52. The van der Waals surface area contributed by atoms with Crippen molar-refractivity contribution in [1.82, 2.24) is 9.78 Å². The van der Waals surface area contributed by atoms with E-state index in [1.807, 2.05) is 25.5 Å². The van der Waals surface area contributed by atoms with Gasteiger partial charge in [0.05, 0.1) is 18.3 Å². The zero-order valence-corrected chi connectivity index (χ0v) is 11.7. The Morgan fingerprint density at radius 3 is 2.32 bits per heavy atom. The number of hydrogen-bond acceptors (Lipinski definition) is 2. The van der Waals surface area contributed by atoms with Crippen LogP contribution in [-0.4, -0.2) is 20.9 Å². The zero-order chi connectivity index (χ0) is 14.2. The second-order valence-electron chi connectivity index (χ2n) is 4.98. The summed E-state index contributed by atoms with van der Waals surface area (Å²) in [6.45, 7) is 8.07. The van der Waals surface area contributed by atoms with E-state index in [4.69, 9.17) is 5.11 Å². The first-order valence-electron chi connectivity index (χ1n) is 6.23. The number of aryl methyl sites for hydroxylation is 3. The largest absolute Gasteiger partial charge is 0.481 e. The lowest BCUT2D eigenvalue weighted by molar-refractivity contribution is -0.136. The minimum Gasteiger partial charge on any atom is -0.481 e. The van der Waals surface area contributed by atoms with E-state index in [2.05, 4.69) is 24.2 Å². The molecular weight excluding hydrogens is 240 g/mol. The van der Waals surface area contributed by atoms with Crippen LogP contribution >= 0.6 is 0 Å². The van der Waals surface area contributed by atoms with Gasteiger partial charge in [0.15, 0.2) is 0 Å². The first-order chi connectivity index (χ1) is 8.90. The van der Waals surface area contributed by atoms with Crippen LogP contribution in [0.3, 0.4) is 0 Å². The van der Waals surface area contributed by atoms with Gasteiger partial charge in [-0.15, -0.1) is 0 Å². The van der Waals surface area contributed by atoms with Gasteiger partial charge in [0.1, 0.15) is 0 Å². The topological polar surface area (TPSA) is 55.1 Å². The van der Waals surface area contributed by atoms with Crippen molar-refractivity contribution in [2.75, 3.05) is 0 Å². The summed E-state index contributed by atoms with van der Waals surface area (Å²) in [6, 6.07) is 4.22. The maximum Gasteiger partial charge on any atom is 0.307 e. The van der Waals surface area contributed by atoms with Crippen LogP contribution in [0.5, 0.6) is 0 Å². The molecule has 0 radical (unpaired) electrons. The second kappa shape index (κ2) is 4.88. The number of carboxylic acid groups (broad SMARTS) is 1. The van der Waals surface area contributed by atoms with E-state index < -0.39 is 5.97 Å². The van der Waals surface area contributed by atoms with Crippen LogP contribution in [0.25, 0.3) is 5.69 Å². The fourth-order valence-electron chi connectivity index (χ4n) is 2.51. The molecular formula is C15H18N2O2. The molecule has 0 amide bonds. The van der Waals surface area contributed by atoms with Crippen molar-refractivity contribution in [3.05, 3.63) is 46.3 Å². The van der Waals surface area contributed by atoms with Crippen molar-refractivity contribution in [3.63, 3.8) is 0 Å². The molecule has 1 heterocycles. The molecule has 0 saturated heterocycles. The quantitative estimate of drug-likeness (QED) is 0.921. The van der Waals surface area contributed by atoms with Crippen LogP contribution in [0.1, 0.15) is 27.9 Å². The highest BCUT2D eigenvalue weighted by Crippen LogP contribution is 2.23. The van der Waals surface area contributed by atoms with E-state index in [0.717, 1.165) is 28.1 Å². The molecule has 0 saturated carbocycles. The molecule has 0 aliphatic rings. The predicted octanol–water partition coefficient (Wildman–Crippen LogP) is 2.73. The summed E-state index contributed by atoms with van der Waals surface area (Å²) < 4.78 is 1.84. The fourth-order valence-corrected chi connectivity index (χ4v) is 2.51. The molecule has 0 unspecified atom stereocenters. The van der Waals surface area contributed by atoms with Crippen LogP contribution in [0, 0.1) is 27.7 Å². The molecule has 19 heavy (non-hydrogen) atoms. The molecule has 1 aromatic heterocycles. The minimum atomic E-state index is -0.833. The van der Waals surface area contributed by atoms with E-state index in [1.165, 1.54) is 5.56 Å². The third-order valence-corrected chi connectivity index (χ3v) is 3.30. The van der Waals surface area contributed by atoms with Gasteiger partial charge in [0, 0.05) is 11.3 Å². The summed E-state index contributed by atoms with van der Waals surface area (Å²) in [5.41, 5.74) is 6.19. The SMILES string of the molecule is Cc1cc(C)c(-n2ncc(CC(=O)O)c2C)c(C)c1. The lowest BCUT2D eigenvalue weighted by Gasteiger charge is -2.13. The smallest absolute Gasteiger partial charge is 0.307 e. The molecule has 2 rings (SSSR count). The predicted molar refractivity (Wildman–Crippen MR) is 73.9 cm³/mol. The zero-order valence-electron chi connectivity index (χ0n) is 11.7. The normalized spacial score (nSPS) is 10.7. The third-order valence-electron chi connectivity index (χ3n) is 3.30. The average Bonchev–Trinajstić information content (AvgIpc) is 2.60. The summed E-state index contributed by atoms with van der Waals surface area (Å²) in [5, 5.41) is 13.2. The van der Waals surface area contributed by atoms with Crippen LogP contribution < -0.4 is 0 Å². The summed E-state index contributed by atoms with van der Waals surface area (Å²) >= 11 is 0. The molecule has 0 spiro atoms. The van der Waals surface area contributed by atoms with Gasteiger partial charge in [0.25, 0.3) is 0 Å². The highest BCUT2D eigenvalue weighted by Gasteiger charge is 2.14. The Labute approximate surface area is 112 Å². The van der Waals surface area contributed by atoms with Crippen LogP contribution in [-0.2, 0) is 11.2 Å². The Hall–Kier alpha value is -2.10. The van der Waals surface area contributed by atoms with Gasteiger partial charge in [-0.25, -0.2) is 4.68 Å². The number of hydrogen-bond donors (Lipinski definition) is 1. The van der Waals surface area contributed by atoms with E-state index in [-0.39, 0.29) is 6.42 Å². The molecule has 0 fully saturated rings. The maximum atomic E-state index is 10.8. The van der Waals surface area contributed by atoms with Crippen LogP contribution in [0.4, 0.5) is 0 Å². The first-order valence-corrected chi connectivity index (χ1v) is 6.23. The molecule has 0 aliphatic carbocycles. The highest BCUT2D eigenvalue weighted by molar-refractivity contribution is 5.70. The van der Waals surface area contributed by atoms with Crippen molar-refractivity contribution in [3.8, 4) is 5.69 Å². The van der Waals surface area contributed by atoms with Gasteiger partial charge >= 0.3 is 5.97 Å². The van der Waals surface area contributed by atoms with Crippen molar-refractivity contribution in [1.29, 1.82) is 0 Å². The Kier molecular flexibility index (Phi) is 3.42. The highest BCUT2D eigenvalue weighted by atomic mass is 16.4. The van der Waals surface area contributed by atoms with Gasteiger partial charge in [-0.3, -0.25) is 4.79 Å². The molecule has 0 atom stereocenters. The molecule has 2 aromatic rings. The summed E-state index contributed by atoms with van der Waals surface area (Å²) in [7, 11) is 0. The van der Waals surface area contributed by atoms with Crippen molar-refractivity contribution >= 4 is 5.97 Å². The van der Waals surface area contributed by atoms with E-state index in [9.17, 15) is 4.79 Å². The number of nitrogens with zero attached hydrogens (tertiary/aromatic N) is 2. The number of carbonyl (C=O) groups is 1. The standard InChI is InChI=1S/C15H18N2O2/c1-9-5-10(2)15(11(3)6-9)17-12(4)13(8-16-17)7-14(18)19/h5-6,8H,7H2,1-4H3,(H,18,19). The van der Waals surface area contributed by atoms with Gasteiger partial charge < -0.3 is 5.11 Å². The summed E-state index contributed by atoms with van der Waals surface area (Å²) in [4.78, 5) is 10.8. The lowest BCUT2D eigenvalue weighted by Crippen LogP contribution is -2.06. The van der Waals surface area contributed by atoms with E-state index in [1.54, 1.807) is 6.20 Å². The summed E-state index contributed by atoms with van der Waals surface area (Å²) in [6.07, 6.45) is 1.65. The maximum absolute atomic E-state index is 10.8. The van der Waals surface area contributed by atoms with Gasteiger partial charge in [-0.2, -0.15) is 5.10 Å². The Morgan fingerprint density at radius 1 is 1.21 bits per heavy atom. The number of carboxylic acids is 1. The first kappa shape index (κ1) is 13.3. The molecule has 100 valence electrons. The van der Waals surface area contributed by atoms with E-state index >= 15 is 0 Å². The summed E-state index contributed by atoms with van der Waals surface area (Å²) in [5.74, 6) is -0.833. The molecule has 1 N–H and O–H groups in total. The lowest BCUT2D eigenvalue weighted by atomic mass is 10.0. The van der Waals surface area contributed by atoms with Crippen LogP contribution in [0.2, 0.25) is 0 Å². The Morgan fingerprint density at radius 2 is 1.79 bits per heavy atom. The molecule has 0 aliphatic heterocycles. The van der Waals surface area contributed by atoms with Crippen LogP contribution in [0.15, 0.2) is 18.3 Å². The average molecular weight is 258 g/mol. The van der Waals surface area contributed by atoms with Crippen molar-refractivity contribution in [2.24, 2.45) is 0 Å². The molecule has 0 bridgehead atoms. The minimum absolute atomic E-state index is 0.00971. The molecule has 1 aromatic carbocycles. The van der Waals surface area contributed by atoms with Crippen molar-refractivity contribution in [2.45, 2.75) is 34.1 Å². The van der Waals surface area contributed by atoms with Gasteiger partial charge in [-0.1, -0.05) is 17.7 Å².